The largest absolute Gasteiger partial charge is 0.396 e. The van der Waals surface area contributed by atoms with E-state index < -0.39 is 0 Å². The molecule has 0 aliphatic rings. The van der Waals surface area contributed by atoms with Gasteiger partial charge in [0.25, 0.3) is 0 Å². The quantitative estimate of drug-likeness (QED) is 0.887. The van der Waals surface area contributed by atoms with Gasteiger partial charge in [-0.15, -0.1) is 0 Å². The summed E-state index contributed by atoms with van der Waals surface area (Å²) in [4.78, 5) is 0. The van der Waals surface area contributed by atoms with Crippen LogP contribution in [0.5, 0.6) is 0 Å². The van der Waals surface area contributed by atoms with Crippen molar-refractivity contribution >= 4 is 0 Å². The molecular weight excluding hydrogens is 234 g/mol. The van der Waals surface area contributed by atoms with Crippen molar-refractivity contribution in [3.05, 3.63) is 71.8 Å². The second-order valence-corrected chi connectivity index (χ2v) is 4.63. The molecule has 0 aromatic heterocycles. The standard InChI is InChI=1S/C17H17NO/c18-12-16(11-14-7-3-1-4-8-14)17(13-19)15-9-5-2-6-10-15/h1-10,16-17,19H,11,13H2/t16-,17-/m0/s1. The van der Waals surface area contributed by atoms with E-state index in [1.54, 1.807) is 0 Å². The van der Waals surface area contributed by atoms with Crippen molar-refractivity contribution < 1.29 is 5.11 Å². The molecule has 0 spiro atoms. The average Bonchev–Trinajstić information content (AvgIpc) is 2.49. The molecule has 2 nitrogen and oxygen atoms in total. The number of aliphatic hydroxyl groups is 1. The Hall–Kier alpha value is -2.11. The van der Waals surface area contributed by atoms with Crippen LogP contribution >= 0.6 is 0 Å². The molecule has 2 heteroatoms. The predicted molar refractivity (Wildman–Crippen MR) is 75.5 cm³/mol. The molecule has 0 aliphatic carbocycles. The molecule has 2 rings (SSSR count). The fourth-order valence-electron chi connectivity index (χ4n) is 2.31. The van der Waals surface area contributed by atoms with Crippen molar-refractivity contribution in [1.82, 2.24) is 0 Å². The van der Waals surface area contributed by atoms with Crippen molar-refractivity contribution in [2.45, 2.75) is 12.3 Å². The van der Waals surface area contributed by atoms with E-state index in [4.69, 9.17) is 0 Å². The van der Waals surface area contributed by atoms with Gasteiger partial charge in [0.1, 0.15) is 0 Å². The van der Waals surface area contributed by atoms with Crippen LogP contribution in [0.4, 0.5) is 0 Å². The molecule has 1 N–H and O–H groups in total. The van der Waals surface area contributed by atoms with Crippen molar-refractivity contribution in [2.24, 2.45) is 5.92 Å². The highest BCUT2D eigenvalue weighted by atomic mass is 16.3. The molecule has 0 bridgehead atoms. The Morgan fingerprint density at radius 2 is 1.53 bits per heavy atom. The topological polar surface area (TPSA) is 44.0 Å². The zero-order chi connectivity index (χ0) is 13.5. The molecule has 0 radical (unpaired) electrons. The van der Waals surface area contributed by atoms with Crippen LogP contribution in [0.3, 0.4) is 0 Å². The molecule has 2 aromatic carbocycles. The predicted octanol–water partition coefficient (Wildman–Crippen LogP) is 3.14. The molecule has 0 aliphatic heterocycles. The molecule has 0 amide bonds. The molecule has 19 heavy (non-hydrogen) atoms. The molecule has 2 aromatic rings. The monoisotopic (exact) mass is 251 g/mol. The number of rotatable bonds is 5. The van der Waals surface area contributed by atoms with Crippen LogP contribution in [0.2, 0.25) is 0 Å². The summed E-state index contributed by atoms with van der Waals surface area (Å²) in [5.41, 5.74) is 2.15. The van der Waals surface area contributed by atoms with E-state index in [-0.39, 0.29) is 18.4 Å². The fourth-order valence-corrected chi connectivity index (χ4v) is 2.31. The SMILES string of the molecule is N#C[C@H](Cc1ccccc1)[C@@H](CO)c1ccccc1. The minimum Gasteiger partial charge on any atom is -0.396 e. The van der Waals surface area contributed by atoms with Crippen molar-refractivity contribution in [3.63, 3.8) is 0 Å². The highest BCUT2D eigenvalue weighted by Crippen LogP contribution is 2.26. The van der Waals surface area contributed by atoms with Crippen LogP contribution in [-0.2, 0) is 6.42 Å². The lowest BCUT2D eigenvalue weighted by atomic mass is 9.83. The first kappa shape index (κ1) is 13.3. The van der Waals surface area contributed by atoms with Crippen LogP contribution in [0.25, 0.3) is 0 Å². The lowest BCUT2D eigenvalue weighted by molar-refractivity contribution is 0.241. The first-order valence-corrected chi connectivity index (χ1v) is 6.44. The van der Waals surface area contributed by atoms with Gasteiger partial charge in [-0.05, 0) is 17.5 Å². The maximum atomic E-state index is 9.61. The van der Waals surface area contributed by atoms with Gasteiger partial charge in [0.15, 0.2) is 0 Å². The number of aliphatic hydroxyl groups excluding tert-OH is 1. The second-order valence-electron chi connectivity index (χ2n) is 4.63. The summed E-state index contributed by atoms with van der Waals surface area (Å²) in [5.74, 6) is -0.346. The third-order valence-electron chi connectivity index (χ3n) is 3.37. The van der Waals surface area contributed by atoms with E-state index in [1.165, 1.54) is 0 Å². The van der Waals surface area contributed by atoms with Gasteiger partial charge in [0.05, 0.1) is 18.6 Å². The van der Waals surface area contributed by atoms with E-state index in [9.17, 15) is 10.4 Å². The minimum atomic E-state index is -0.213. The Bertz CT molecular complexity index is 530. The summed E-state index contributed by atoms with van der Waals surface area (Å²) in [6.45, 7) is -0.00489. The Balaban J connectivity index is 2.18. The number of nitrogens with zero attached hydrogens (tertiary/aromatic N) is 1. The maximum Gasteiger partial charge on any atom is 0.0666 e. The highest BCUT2D eigenvalue weighted by molar-refractivity contribution is 5.24. The molecule has 0 fully saturated rings. The van der Waals surface area contributed by atoms with Crippen LogP contribution in [0.1, 0.15) is 17.0 Å². The van der Waals surface area contributed by atoms with Crippen molar-refractivity contribution in [3.8, 4) is 6.07 Å². The third kappa shape index (κ3) is 3.43. The Morgan fingerprint density at radius 1 is 0.947 bits per heavy atom. The van der Waals surface area contributed by atoms with Gasteiger partial charge in [0.2, 0.25) is 0 Å². The lowest BCUT2D eigenvalue weighted by Crippen LogP contribution is -2.17. The van der Waals surface area contributed by atoms with Crippen LogP contribution in [0, 0.1) is 17.2 Å². The molecule has 0 heterocycles. The number of benzene rings is 2. The van der Waals surface area contributed by atoms with Crippen molar-refractivity contribution in [2.75, 3.05) is 6.61 Å². The summed E-state index contributed by atoms with van der Waals surface area (Å²) in [6.07, 6.45) is 0.664. The van der Waals surface area contributed by atoms with Gasteiger partial charge in [-0.2, -0.15) is 5.26 Å². The highest BCUT2D eigenvalue weighted by Gasteiger charge is 2.22. The van der Waals surface area contributed by atoms with Crippen molar-refractivity contribution in [1.29, 1.82) is 5.26 Å². The fraction of sp³-hybridized carbons (Fsp3) is 0.235. The summed E-state index contributed by atoms with van der Waals surface area (Å²) in [6, 6.07) is 22.0. The molecule has 0 saturated heterocycles. The number of nitriles is 1. The molecule has 2 atom stereocenters. The van der Waals surface area contributed by atoms with E-state index in [1.807, 2.05) is 60.7 Å². The van der Waals surface area contributed by atoms with E-state index in [0.717, 1.165) is 11.1 Å². The van der Waals surface area contributed by atoms with Gasteiger partial charge in [-0.3, -0.25) is 0 Å². The molecule has 0 unspecified atom stereocenters. The van der Waals surface area contributed by atoms with E-state index >= 15 is 0 Å². The lowest BCUT2D eigenvalue weighted by Gasteiger charge is -2.20. The Morgan fingerprint density at radius 3 is 2.05 bits per heavy atom. The molecule has 0 saturated carbocycles. The van der Waals surface area contributed by atoms with E-state index in [0.29, 0.717) is 6.42 Å². The summed E-state index contributed by atoms with van der Waals surface area (Å²) in [5, 5.41) is 19.0. The van der Waals surface area contributed by atoms with Gasteiger partial charge in [-0.25, -0.2) is 0 Å². The molecule has 96 valence electrons. The first-order chi connectivity index (χ1) is 9.35. The third-order valence-corrected chi connectivity index (χ3v) is 3.37. The summed E-state index contributed by atoms with van der Waals surface area (Å²) in [7, 11) is 0. The molecular formula is C17H17NO. The zero-order valence-electron chi connectivity index (χ0n) is 10.7. The summed E-state index contributed by atoms with van der Waals surface area (Å²) < 4.78 is 0. The van der Waals surface area contributed by atoms with Gasteiger partial charge < -0.3 is 5.11 Å². The van der Waals surface area contributed by atoms with Gasteiger partial charge in [-0.1, -0.05) is 60.7 Å². The van der Waals surface area contributed by atoms with Crippen LogP contribution in [-0.4, -0.2) is 11.7 Å². The second kappa shape index (κ2) is 6.72. The summed E-state index contributed by atoms with van der Waals surface area (Å²) >= 11 is 0. The Labute approximate surface area is 114 Å². The average molecular weight is 251 g/mol. The van der Waals surface area contributed by atoms with Crippen LogP contribution < -0.4 is 0 Å². The minimum absolute atomic E-state index is 0.00489. The Kier molecular flexibility index (Phi) is 4.72. The maximum absolute atomic E-state index is 9.61. The van der Waals surface area contributed by atoms with Crippen LogP contribution in [0.15, 0.2) is 60.7 Å². The number of hydrogen-bond donors (Lipinski definition) is 1. The van der Waals surface area contributed by atoms with Gasteiger partial charge >= 0.3 is 0 Å². The van der Waals surface area contributed by atoms with Gasteiger partial charge in [0, 0.05) is 5.92 Å². The first-order valence-electron chi connectivity index (χ1n) is 6.44. The smallest absolute Gasteiger partial charge is 0.0666 e. The number of hydrogen-bond acceptors (Lipinski definition) is 2. The van der Waals surface area contributed by atoms with E-state index in [2.05, 4.69) is 6.07 Å². The normalized spacial score (nSPS) is 13.5. The zero-order valence-corrected chi connectivity index (χ0v) is 10.7.